The summed E-state index contributed by atoms with van der Waals surface area (Å²) in [6.07, 6.45) is 1.69. The highest BCUT2D eigenvalue weighted by atomic mass is 79.9. The molecular formula is C13H15BrClN3. The third-order valence-corrected chi connectivity index (χ3v) is 3.61. The lowest BCUT2D eigenvalue weighted by Gasteiger charge is -2.09. The van der Waals surface area contributed by atoms with Gasteiger partial charge in [0.25, 0.3) is 0 Å². The van der Waals surface area contributed by atoms with Crippen molar-refractivity contribution in [2.24, 2.45) is 0 Å². The van der Waals surface area contributed by atoms with Crippen LogP contribution in [0.1, 0.15) is 31.1 Å². The third kappa shape index (κ3) is 2.59. The molecule has 0 fully saturated rings. The highest BCUT2D eigenvalue weighted by Crippen LogP contribution is 2.23. The zero-order chi connectivity index (χ0) is 13.1. The average molecular weight is 329 g/mol. The molecule has 1 aromatic heterocycles. The van der Waals surface area contributed by atoms with Gasteiger partial charge in [-0.1, -0.05) is 47.4 Å². The maximum Gasteiger partial charge on any atom is 0.151 e. The summed E-state index contributed by atoms with van der Waals surface area (Å²) in [6.45, 7) is 4.14. The van der Waals surface area contributed by atoms with Crippen LogP contribution in [0.3, 0.4) is 0 Å². The first kappa shape index (κ1) is 13.6. The van der Waals surface area contributed by atoms with E-state index in [1.54, 1.807) is 0 Å². The van der Waals surface area contributed by atoms with Gasteiger partial charge in [-0.2, -0.15) is 5.10 Å². The lowest BCUT2D eigenvalue weighted by atomic mass is 10.2. The lowest BCUT2D eigenvalue weighted by molar-refractivity contribution is 0.786. The van der Waals surface area contributed by atoms with Crippen molar-refractivity contribution < 1.29 is 0 Å². The van der Waals surface area contributed by atoms with Crippen LogP contribution in [-0.4, -0.2) is 14.8 Å². The van der Waals surface area contributed by atoms with Crippen LogP contribution >= 0.6 is 27.5 Å². The van der Waals surface area contributed by atoms with Crippen LogP contribution in [0.2, 0.25) is 5.02 Å². The van der Waals surface area contributed by atoms with Crippen molar-refractivity contribution in [2.75, 3.05) is 0 Å². The molecule has 0 spiro atoms. The number of rotatable bonds is 4. The van der Waals surface area contributed by atoms with Gasteiger partial charge >= 0.3 is 0 Å². The highest BCUT2D eigenvalue weighted by Gasteiger charge is 2.12. The molecule has 0 bridgehead atoms. The van der Waals surface area contributed by atoms with E-state index in [1.807, 2.05) is 22.9 Å². The molecule has 2 aromatic rings. The van der Waals surface area contributed by atoms with E-state index in [4.69, 9.17) is 11.6 Å². The minimum Gasteiger partial charge on any atom is -0.217 e. The zero-order valence-corrected chi connectivity index (χ0v) is 12.8. The normalized spacial score (nSPS) is 10.9. The molecule has 0 aliphatic rings. The van der Waals surface area contributed by atoms with Crippen molar-refractivity contribution in [1.29, 1.82) is 0 Å². The van der Waals surface area contributed by atoms with E-state index in [0.717, 1.165) is 41.1 Å². The summed E-state index contributed by atoms with van der Waals surface area (Å²) >= 11 is 9.58. The molecule has 18 heavy (non-hydrogen) atoms. The largest absolute Gasteiger partial charge is 0.217 e. The van der Waals surface area contributed by atoms with E-state index in [0.29, 0.717) is 5.02 Å². The van der Waals surface area contributed by atoms with Crippen LogP contribution in [0.25, 0.3) is 5.69 Å². The molecule has 0 atom stereocenters. The highest BCUT2D eigenvalue weighted by molar-refractivity contribution is 9.08. The summed E-state index contributed by atoms with van der Waals surface area (Å²) in [6, 6.07) is 5.84. The van der Waals surface area contributed by atoms with Crippen LogP contribution in [0.5, 0.6) is 0 Å². The summed E-state index contributed by atoms with van der Waals surface area (Å²) in [5, 5.41) is 6.03. The van der Waals surface area contributed by atoms with Gasteiger partial charge in [0.1, 0.15) is 5.82 Å². The van der Waals surface area contributed by atoms with E-state index in [9.17, 15) is 0 Å². The number of benzene rings is 1. The van der Waals surface area contributed by atoms with Crippen LogP contribution in [0.4, 0.5) is 0 Å². The quantitative estimate of drug-likeness (QED) is 0.796. The standard InChI is InChI=1S/C13H15BrClN3/c1-3-12-16-13(4-2)18(17-12)11-7-10(15)6-5-9(11)8-14/h5-7H,3-4,8H2,1-2H3. The second kappa shape index (κ2) is 5.85. The monoisotopic (exact) mass is 327 g/mol. The van der Waals surface area contributed by atoms with E-state index >= 15 is 0 Å². The lowest BCUT2D eigenvalue weighted by Crippen LogP contribution is -2.05. The zero-order valence-electron chi connectivity index (χ0n) is 10.5. The van der Waals surface area contributed by atoms with Crippen LogP contribution in [-0.2, 0) is 18.2 Å². The Morgan fingerprint density at radius 2 is 2.06 bits per heavy atom. The Kier molecular flexibility index (Phi) is 4.40. The molecule has 5 heteroatoms. The number of aromatic nitrogens is 3. The second-order valence-electron chi connectivity index (χ2n) is 3.97. The third-order valence-electron chi connectivity index (χ3n) is 2.77. The molecule has 0 unspecified atom stereocenters. The van der Waals surface area contributed by atoms with Crippen LogP contribution in [0, 0.1) is 0 Å². The predicted molar refractivity (Wildman–Crippen MR) is 77.8 cm³/mol. The van der Waals surface area contributed by atoms with Gasteiger partial charge in [0, 0.05) is 23.2 Å². The molecule has 0 aliphatic carbocycles. The van der Waals surface area contributed by atoms with E-state index in [2.05, 4.69) is 39.9 Å². The van der Waals surface area contributed by atoms with Crippen molar-refractivity contribution in [1.82, 2.24) is 14.8 Å². The van der Waals surface area contributed by atoms with Crippen LogP contribution in [0.15, 0.2) is 18.2 Å². The SMILES string of the molecule is CCc1nc(CC)n(-c2cc(Cl)ccc2CBr)n1. The molecule has 0 N–H and O–H groups in total. The molecule has 2 rings (SSSR count). The molecule has 96 valence electrons. The molecule has 3 nitrogen and oxygen atoms in total. The number of nitrogens with zero attached hydrogens (tertiary/aromatic N) is 3. The van der Waals surface area contributed by atoms with Gasteiger partial charge in [0.2, 0.25) is 0 Å². The topological polar surface area (TPSA) is 30.7 Å². The van der Waals surface area contributed by atoms with Gasteiger partial charge < -0.3 is 0 Å². The minimum absolute atomic E-state index is 0.713. The molecule has 1 heterocycles. The van der Waals surface area contributed by atoms with E-state index in [-0.39, 0.29) is 0 Å². The van der Waals surface area contributed by atoms with Gasteiger partial charge in [-0.25, -0.2) is 9.67 Å². The fraction of sp³-hybridized carbons (Fsp3) is 0.385. The number of aryl methyl sites for hydroxylation is 2. The van der Waals surface area contributed by atoms with Crippen LogP contribution < -0.4 is 0 Å². The summed E-state index contributed by atoms with van der Waals surface area (Å²) in [5.74, 6) is 1.84. The summed E-state index contributed by atoms with van der Waals surface area (Å²) in [4.78, 5) is 4.52. The second-order valence-corrected chi connectivity index (χ2v) is 4.97. The van der Waals surface area contributed by atoms with Gasteiger partial charge in [-0.15, -0.1) is 0 Å². The number of halogens is 2. The van der Waals surface area contributed by atoms with Gasteiger partial charge in [0.05, 0.1) is 5.69 Å². The Labute approximate surface area is 120 Å². The first-order chi connectivity index (χ1) is 8.69. The fourth-order valence-corrected chi connectivity index (χ4v) is 2.45. The Balaban J connectivity index is 2.59. The van der Waals surface area contributed by atoms with Crippen molar-refractivity contribution >= 4 is 27.5 Å². The molecular weight excluding hydrogens is 314 g/mol. The molecule has 0 amide bonds. The van der Waals surface area contributed by atoms with Gasteiger partial charge in [-0.3, -0.25) is 0 Å². The fourth-order valence-electron chi connectivity index (χ4n) is 1.81. The maximum atomic E-state index is 6.08. The van der Waals surface area contributed by atoms with E-state index < -0.39 is 0 Å². The summed E-state index contributed by atoms with van der Waals surface area (Å²) in [5.41, 5.74) is 2.16. The Bertz CT molecular complexity index is 551. The summed E-state index contributed by atoms with van der Waals surface area (Å²) in [7, 11) is 0. The van der Waals surface area contributed by atoms with Crippen molar-refractivity contribution in [3.8, 4) is 5.69 Å². The molecule has 1 aromatic carbocycles. The summed E-state index contributed by atoms with van der Waals surface area (Å²) < 4.78 is 1.90. The minimum atomic E-state index is 0.713. The first-order valence-corrected chi connectivity index (χ1v) is 7.49. The molecule has 0 radical (unpaired) electrons. The van der Waals surface area contributed by atoms with Crippen molar-refractivity contribution in [3.05, 3.63) is 40.4 Å². The predicted octanol–water partition coefficient (Wildman–Crippen LogP) is 3.94. The van der Waals surface area contributed by atoms with E-state index in [1.165, 1.54) is 0 Å². The average Bonchev–Trinajstić information content (AvgIpc) is 2.81. The van der Waals surface area contributed by atoms with Gasteiger partial charge in [0.15, 0.2) is 5.82 Å². The maximum absolute atomic E-state index is 6.08. The number of hydrogen-bond acceptors (Lipinski definition) is 2. The van der Waals surface area contributed by atoms with Crippen molar-refractivity contribution in [3.63, 3.8) is 0 Å². The Morgan fingerprint density at radius 3 is 2.67 bits per heavy atom. The van der Waals surface area contributed by atoms with Gasteiger partial charge in [-0.05, 0) is 17.7 Å². The molecule has 0 aliphatic heterocycles. The first-order valence-electron chi connectivity index (χ1n) is 5.99. The Morgan fingerprint density at radius 1 is 1.28 bits per heavy atom. The Hall–Kier alpha value is -0.870. The number of alkyl halides is 1. The van der Waals surface area contributed by atoms with Crippen molar-refractivity contribution in [2.45, 2.75) is 32.0 Å². The molecule has 0 saturated heterocycles. The smallest absolute Gasteiger partial charge is 0.151 e. The number of hydrogen-bond donors (Lipinski definition) is 0. The molecule has 0 saturated carbocycles.